The molecule has 1 aromatic carbocycles. The van der Waals surface area contributed by atoms with Crippen molar-refractivity contribution < 1.29 is 9.53 Å². The molecule has 3 nitrogen and oxygen atoms in total. The molecule has 1 heterocycles. The number of hydrogen-bond acceptors (Lipinski definition) is 3. The number of halogens is 1. The summed E-state index contributed by atoms with van der Waals surface area (Å²) in [7, 11) is 0. The molecule has 0 amide bonds. The van der Waals surface area contributed by atoms with Gasteiger partial charge in [0.05, 0.1) is 5.92 Å². The van der Waals surface area contributed by atoms with Crippen molar-refractivity contribution in [2.45, 2.75) is 38.5 Å². The Labute approximate surface area is 157 Å². The minimum atomic E-state index is -0.166. The minimum Gasteiger partial charge on any atom is -0.464 e. The Bertz CT molecular complexity index is 560. The van der Waals surface area contributed by atoms with Crippen molar-refractivity contribution in [3.05, 3.63) is 48.0 Å². The van der Waals surface area contributed by atoms with Crippen LogP contribution in [0, 0.1) is 11.8 Å². The number of hydrogen-bond donors (Lipinski definition) is 0. The van der Waals surface area contributed by atoms with Crippen LogP contribution in [0.25, 0.3) is 0 Å². The maximum atomic E-state index is 12.8. The van der Waals surface area contributed by atoms with Crippen LogP contribution in [-0.4, -0.2) is 37.1 Å². The topological polar surface area (TPSA) is 29.5 Å². The molecule has 1 fully saturated rings. The Morgan fingerprint density at radius 3 is 2.72 bits per heavy atom. The predicted molar refractivity (Wildman–Crippen MR) is 104 cm³/mol. The molecular weight excluding hydrogens is 334 g/mol. The van der Waals surface area contributed by atoms with E-state index in [1.54, 1.807) is 0 Å². The summed E-state index contributed by atoms with van der Waals surface area (Å²) in [6.07, 6.45) is 9.03. The molecule has 0 saturated carbocycles. The molecule has 0 radical (unpaired) electrons. The van der Waals surface area contributed by atoms with Gasteiger partial charge in [-0.3, -0.25) is 9.69 Å². The van der Waals surface area contributed by atoms with E-state index in [2.05, 4.69) is 36.1 Å². The molecule has 1 aliphatic heterocycles. The average molecular weight is 364 g/mol. The number of allylic oxidation sites excluding steroid dienone is 2. The van der Waals surface area contributed by atoms with Crippen molar-refractivity contribution in [1.82, 2.24) is 4.90 Å². The van der Waals surface area contributed by atoms with E-state index < -0.39 is 0 Å². The number of carbonyl (C=O) groups is 1. The molecule has 3 unspecified atom stereocenters. The Balaban J connectivity index is 0.00000225. The maximum Gasteiger partial charge on any atom is 0.314 e. The molecule has 138 valence electrons. The normalized spacial score (nSPS) is 24.5. The molecule has 3 atom stereocenters. The van der Waals surface area contributed by atoms with Crippen LogP contribution in [0.1, 0.15) is 44.1 Å². The molecule has 4 heteroatoms. The molecule has 0 aromatic heterocycles. The molecule has 3 rings (SSSR count). The molecule has 1 aliphatic carbocycles. The van der Waals surface area contributed by atoms with Crippen molar-refractivity contribution in [3.8, 4) is 0 Å². The molecule has 0 spiro atoms. The second-order valence-electron chi connectivity index (χ2n) is 7.27. The van der Waals surface area contributed by atoms with Crippen LogP contribution in [0.5, 0.6) is 0 Å². The lowest BCUT2D eigenvalue weighted by Crippen LogP contribution is -2.29. The molecular formula is C21H30ClNO2. The zero-order valence-electron chi connectivity index (χ0n) is 15.1. The molecule has 1 saturated heterocycles. The second-order valence-corrected chi connectivity index (χ2v) is 7.27. The van der Waals surface area contributed by atoms with E-state index in [4.69, 9.17) is 4.74 Å². The van der Waals surface area contributed by atoms with Crippen LogP contribution in [0.2, 0.25) is 0 Å². The summed E-state index contributed by atoms with van der Waals surface area (Å²) in [6.45, 7) is 5.91. The first-order chi connectivity index (χ1) is 11.7. The minimum absolute atomic E-state index is 0. The number of carbonyl (C=O) groups excluding carboxylic acids is 1. The quantitative estimate of drug-likeness (QED) is 0.553. The summed E-state index contributed by atoms with van der Waals surface area (Å²) in [4.78, 5) is 15.2. The van der Waals surface area contributed by atoms with Gasteiger partial charge in [0.15, 0.2) is 0 Å². The van der Waals surface area contributed by atoms with Crippen LogP contribution in [0.15, 0.2) is 42.5 Å². The first-order valence-electron chi connectivity index (χ1n) is 9.34. The van der Waals surface area contributed by atoms with Gasteiger partial charge in [-0.15, -0.1) is 12.4 Å². The lowest BCUT2D eigenvalue weighted by molar-refractivity contribution is -0.147. The van der Waals surface area contributed by atoms with E-state index in [9.17, 15) is 4.79 Å². The van der Waals surface area contributed by atoms with Crippen LogP contribution in [-0.2, 0) is 9.53 Å². The fraction of sp³-hybridized carbons (Fsp3) is 0.571. The Morgan fingerprint density at radius 1 is 1.28 bits per heavy atom. The van der Waals surface area contributed by atoms with Gasteiger partial charge in [0.2, 0.25) is 0 Å². The highest BCUT2D eigenvalue weighted by Gasteiger charge is 2.30. The number of benzene rings is 1. The highest BCUT2D eigenvalue weighted by atomic mass is 35.5. The second kappa shape index (κ2) is 9.98. The van der Waals surface area contributed by atoms with Crippen molar-refractivity contribution in [3.63, 3.8) is 0 Å². The van der Waals surface area contributed by atoms with Gasteiger partial charge < -0.3 is 4.74 Å². The van der Waals surface area contributed by atoms with Crippen LogP contribution >= 0.6 is 12.4 Å². The smallest absolute Gasteiger partial charge is 0.314 e. The van der Waals surface area contributed by atoms with Crippen LogP contribution in [0.3, 0.4) is 0 Å². The van der Waals surface area contributed by atoms with E-state index in [1.165, 1.54) is 6.42 Å². The van der Waals surface area contributed by atoms with Gasteiger partial charge in [0, 0.05) is 13.1 Å². The Hall–Kier alpha value is -1.32. The number of nitrogens with zero attached hydrogens (tertiary/aromatic N) is 1. The third-order valence-corrected chi connectivity index (χ3v) is 5.29. The van der Waals surface area contributed by atoms with E-state index >= 15 is 0 Å². The van der Waals surface area contributed by atoms with Crippen molar-refractivity contribution in [2.24, 2.45) is 11.8 Å². The fourth-order valence-corrected chi connectivity index (χ4v) is 3.93. The molecule has 0 bridgehead atoms. The van der Waals surface area contributed by atoms with Crippen molar-refractivity contribution in [2.75, 3.05) is 26.2 Å². The molecule has 25 heavy (non-hydrogen) atoms. The van der Waals surface area contributed by atoms with E-state index in [-0.39, 0.29) is 30.2 Å². The fourth-order valence-electron chi connectivity index (χ4n) is 3.93. The molecule has 0 N–H and O–H groups in total. The number of ether oxygens (including phenoxy) is 1. The van der Waals surface area contributed by atoms with Gasteiger partial charge in [-0.25, -0.2) is 0 Å². The maximum absolute atomic E-state index is 12.8. The zero-order chi connectivity index (χ0) is 16.8. The first-order valence-corrected chi connectivity index (χ1v) is 9.34. The highest BCUT2D eigenvalue weighted by molar-refractivity contribution is 5.85. The lowest BCUT2D eigenvalue weighted by atomic mass is 9.80. The Morgan fingerprint density at radius 2 is 2.08 bits per heavy atom. The van der Waals surface area contributed by atoms with Crippen molar-refractivity contribution in [1.29, 1.82) is 0 Å². The zero-order valence-corrected chi connectivity index (χ0v) is 15.9. The third-order valence-electron chi connectivity index (χ3n) is 5.29. The number of esters is 1. The van der Waals surface area contributed by atoms with Crippen LogP contribution < -0.4 is 0 Å². The van der Waals surface area contributed by atoms with Gasteiger partial charge in [0.25, 0.3) is 0 Å². The summed E-state index contributed by atoms with van der Waals surface area (Å²) in [5, 5.41) is 0. The summed E-state index contributed by atoms with van der Waals surface area (Å²) in [6, 6.07) is 10.1. The van der Waals surface area contributed by atoms with Crippen LogP contribution in [0.4, 0.5) is 0 Å². The summed E-state index contributed by atoms with van der Waals surface area (Å²) < 4.78 is 5.69. The van der Waals surface area contributed by atoms with E-state index in [1.807, 2.05) is 18.2 Å². The van der Waals surface area contributed by atoms with Gasteiger partial charge in [-0.05, 0) is 49.6 Å². The SMILES string of the molecule is CC1CCN(CCOC(=O)C(c2ccccc2)C2C=CCCC2)C1.Cl. The number of likely N-dealkylation sites (tertiary alicyclic amines) is 1. The monoisotopic (exact) mass is 363 g/mol. The standard InChI is InChI=1S/C21H29NO2.ClH/c1-17-12-13-22(16-17)14-15-24-21(23)20(18-8-4-2-5-9-18)19-10-6-3-7-11-19;/h2,4-6,8-10,17,19-20H,3,7,11-16H2,1H3;1H. The van der Waals surface area contributed by atoms with E-state index in [0.717, 1.165) is 50.4 Å². The van der Waals surface area contributed by atoms with Gasteiger partial charge in [-0.2, -0.15) is 0 Å². The Kier molecular flexibility index (Phi) is 7.98. The third kappa shape index (κ3) is 5.58. The first kappa shape index (κ1) is 20.0. The van der Waals surface area contributed by atoms with Gasteiger partial charge in [-0.1, -0.05) is 49.4 Å². The van der Waals surface area contributed by atoms with Crippen molar-refractivity contribution >= 4 is 18.4 Å². The lowest BCUT2D eigenvalue weighted by Gasteiger charge is -2.26. The van der Waals surface area contributed by atoms with E-state index in [0.29, 0.717) is 6.61 Å². The predicted octanol–water partition coefficient (Wildman–Crippen LogP) is 4.43. The molecule has 1 aromatic rings. The van der Waals surface area contributed by atoms with Gasteiger partial charge in [0.1, 0.15) is 6.61 Å². The summed E-state index contributed by atoms with van der Waals surface area (Å²) in [5.41, 5.74) is 1.08. The largest absolute Gasteiger partial charge is 0.464 e. The number of rotatable bonds is 6. The van der Waals surface area contributed by atoms with Gasteiger partial charge >= 0.3 is 5.97 Å². The summed E-state index contributed by atoms with van der Waals surface area (Å²) >= 11 is 0. The summed E-state index contributed by atoms with van der Waals surface area (Å²) in [5.74, 6) is 0.802. The highest BCUT2D eigenvalue weighted by Crippen LogP contribution is 2.33. The molecule has 2 aliphatic rings. The average Bonchev–Trinajstić information content (AvgIpc) is 3.02.